The van der Waals surface area contributed by atoms with Crippen molar-refractivity contribution in [3.63, 3.8) is 0 Å². The number of hydrogen-bond donors (Lipinski definition) is 2. The van der Waals surface area contributed by atoms with Crippen LogP contribution in [0.25, 0.3) is 0 Å². The Hall–Kier alpha value is -3.34. The topological polar surface area (TPSA) is 63.2 Å². The molecular formula is C24H27N3O2. The van der Waals surface area contributed by atoms with Crippen LogP contribution in [0.5, 0.6) is 5.75 Å². The largest absolute Gasteiger partial charge is 0.495 e. The third-order valence-corrected chi connectivity index (χ3v) is 4.66. The van der Waals surface area contributed by atoms with Crippen molar-refractivity contribution in [1.29, 1.82) is 0 Å². The van der Waals surface area contributed by atoms with E-state index in [0.29, 0.717) is 11.4 Å². The standard InChI is InChI=1S/C24H27N3O2/c1-24(2,3)19-9-12-22(29-4)21(15-19)27-23(28)26-20-10-7-17(8-11-20)14-18-6-5-13-25-16-18/h5-13,15-16H,14H2,1-4H3,(H2,26,27,28). The molecule has 0 saturated heterocycles. The first kappa shape index (κ1) is 20.4. The summed E-state index contributed by atoms with van der Waals surface area (Å²) < 4.78 is 5.39. The van der Waals surface area contributed by atoms with Crippen molar-refractivity contribution in [2.24, 2.45) is 0 Å². The van der Waals surface area contributed by atoms with E-state index in [-0.39, 0.29) is 11.4 Å². The smallest absolute Gasteiger partial charge is 0.323 e. The second-order valence-corrected chi connectivity index (χ2v) is 7.98. The molecule has 0 atom stereocenters. The molecule has 3 rings (SSSR count). The minimum absolute atomic E-state index is 0.0245. The first-order valence-corrected chi connectivity index (χ1v) is 9.59. The van der Waals surface area contributed by atoms with E-state index >= 15 is 0 Å². The van der Waals surface area contributed by atoms with Crippen LogP contribution in [0.2, 0.25) is 0 Å². The normalized spacial score (nSPS) is 11.0. The van der Waals surface area contributed by atoms with Crippen molar-refractivity contribution in [2.75, 3.05) is 17.7 Å². The van der Waals surface area contributed by atoms with Gasteiger partial charge in [-0.25, -0.2) is 4.79 Å². The van der Waals surface area contributed by atoms with Crippen LogP contribution in [-0.2, 0) is 11.8 Å². The molecule has 1 heterocycles. The van der Waals surface area contributed by atoms with Gasteiger partial charge >= 0.3 is 6.03 Å². The van der Waals surface area contributed by atoms with Gasteiger partial charge in [-0.2, -0.15) is 0 Å². The van der Waals surface area contributed by atoms with Gasteiger partial charge in [0.25, 0.3) is 0 Å². The van der Waals surface area contributed by atoms with Crippen LogP contribution in [0.1, 0.15) is 37.5 Å². The molecule has 0 bridgehead atoms. The maximum Gasteiger partial charge on any atom is 0.323 e. The van der Waals surface area contributed by atoms with E-state index in [0.717, 1.165) is 28.8 Å². The molecule has 5 heteroatoms. The highest BCUT2D eigenvalue weighted by Crippen LogP contribution is 2.31. The van der Waals surface area contributed by atoms with E-state index in [1.807, 2.05) is 60.8 Å². The fourth-order valence-corrected chi connectivity index (χ4v) is 3.00. The number of nitrogens with zero attached hydrogens (tertiary/aromatic N) is 1. The Morgan fingerprint density at radius 1 is 1.00 bits per heavy atom. The molecular weight excluding hydrogens is 362 g/mol. The van der Waals surface area contributed by atoms with Gasteiger partial charge in [0.1, 0.15) is 5.75 Å². The summed E-state index contributed by atoms with van der Waals surface area (Å²) in [5.74, 6) is 0.625. The molecule has 29 heavy (non-hydrogen) atoms. The first-order chi connectivity index (χ1) is 13.8. The van der Waals surface area contributed by atoms with E-state index < -0.39 is 0 Å². The van der Waals surface area contributed by atoms with E-state index in [1.54, 1.807) is 13.3 Å². The van der Waals surface area contributed by atoms with E-state index in [1.165, 1.54) is 0 Å². The van der Waals surface area contributed by atoms with Crippen LogP contribution in [-0.4, -0.2) is 18.1 Å². The second kappa shape index (κ2) is 8.78. The van der Waals surface area contributed by atoms with E-state index in [9.17, 15) is 4.79 Å². The summed E-state index contributed by atoms with van der Waals surface area (Å²) in [6.07, 6.45) is 4.43. The van der Waals surface area contributed by atoms with Gasteiger partial charge in [-0.3, -0.25) is 4.98 Å². The van der Waals surface area contributed by atoms with Crippen LogP contribution in [0.4, 0.5) is 16.2 Å². The molecule has 2 N–H and O–H groups in total. The molecule has 5 nitrogen and oxygen atoms in total. The lowest BCUT2D eigenvalue weighted by Gasteiger charge is -2.21. The molecule has 0 aliphatic rings. The van der Waals surface area contributed by atoms with Gasteiger partial charge in [0.2, 0.25) is 0 Å². The molecule has 2 aromatic carbocycles. The second-order valence-electron chi connectivity index (χ2n) is 7.98. The summed E-state index contributed by atoms with van der Waals surface area (Å²) >= 11 is 0. The van der Waals surface area contributed by atoms with Gasteiger partial charge in [0, 0.05) is 18.1 Å². The van der Waals surface area contributed by atoms with Crippen LogP contribution in [0.3, 0.4) is 0 Å². The highest BCUT2D eigenvalue weighted by Gasteiger charge is 2.17. The van der Waals surface area contributed by atoms with Gasteiger partial charge in [-0.05, 0) is 58.9 Å². The van der Waals surface area contributed by atoms with E-state index in [2.05, 4.69) is 36.4 Å². The average Bonchev–Trinajstić information content (AvgIpc) is 2.69. The first-order valence-electron chi connectivity index (χ1n) is 9.59. The molecule has 0 radical (unpaired) electrons. The average molecular weight is 389 g/mol. The number of hydrogen-bond acceptors (Lipinski definition) is 3. The summed E-state index contributed by atoms with van der Waals surface area (Å²) in [5.41, 5.74) is 4.77. The van der Waals surface area contributed by atoms with Gasteiger partial charge in [-0.15, -0.1) is 0 Å². The SMILES string of the molecule is COc1ccc(C(C)(C)C)cc1NC(=O)Nc1ccc(Cc2cccnc2)cc1. The zero-order valence-corrected chi connectivity index (χ0v) is 17.3. The van der Waals surface area contributed by atoms with Crippen LogP contribution in [0.15, 0.2) is 67.0 Å². The lowest BCUT2D eigenvalue weighted by atomic mass is 9.87. The molecule has 0 fully saturated rings. The number of carbonyl (C=O) groups excluding carboxylic acids is 1. The number of methoxy groups -OCH3 is 1. The van der Waals surface area contributed by atoms with Gasteiger partial charge in [-0.1, -0.05) is 45.0 Å². The van der Waals surface area contributed by atoms with Crippen molar-refractivity contribution in [2.45, 2.75) is 32.6 Å². The van der Waals surface area contributed by atoms with Crippen molar-refractivity contribution in [3.05, 3.63) is 83.7 Å². The number of amides is 2. The summed E-state index contributed by atoms with van der Waals surface area (Å²) in [7, 11) is 1.59. The van der Waals surface area contributed by atoms with Gasteiger partial charge in [0.05, 0.1) is 12.8 Å². The molecule has 0 saturated carbocycles. The lowest BCUT2D eigenvalue weighted by molar-refractivity contribution is 0.262. The third kappa shape index (κ3) is 5.57. The monoisotopic (exact) mass is 389 g/mol. The number of nitrogens with one attached hydrogen (secondary N) is 2. The highest BCUT2D eigenvalue weighted by molar-refractivity contribution is 6.00. The number of benzene rings is 2. The molecule has 0 aliphatic carbocycles. The number of pyridine rings is 1. The Labute approximate surface area is 172 Å². The minimum Gasteiger partial charge on any atom is -0.495 e. The Kier molecular flexibility index (Phi) is 6.17. The predicted octanol–water partition coefficient (Wildman–Crippen LogP) is 5.62. The summed E-state index contributed by atoms with van der Waals surface area (Å²) in [4.78, 5) is 16.6. The molecule has 0 aliphatic heterocycles. The predicted molar refractivity (Wildman–Crippen MR) is 118 cm³/mol. The van der Waals surface area contributed by atoms with Crippen LogP contribution < -0.4 is 15.4 Å². The number of rotatable bonds is 5. The summed E-state index contributed by atoms with van der Waals surface area (Å²) in [5, 5.41) is 5.77. The molecule has 3 aromatic rings. The number of anilines is 2. The van der Waals surface area contributed by atoms with Crippen molar-refractivity contribution in [1.82, 2.24) is 4.98 Å². The minimum atomic E-state index is -0.311. The maximum absolute atomic E-state index is 12.5. The fraction of sp³-hybridized carbons (Fsp3) is 0.250. The zero-order valence-electron chi connectivity index (χ0n) is 17.3. The highest BCUT2D eigenvalue weighted by atomic mass is 16.5. The number of aromatic nitrogens is 1. The Balaban J connectivity index is 1.66. The lowest BCUT2D eigenvalue weighted by Crippen LogP contribution is -2.20. The van der Waals surface area contributed by atoms with Gasteiger partial charge < -0.3 is 15.4 Å². The molecule has 0 spiro atoms. The Morgan fingerprint density at radius 2 is 1.76 bits per heavy atom. The number of ether oxygens (including phenoxy) is 1. The summed E-state index contributed by atoms with van der Waals surface area (Å²) in [6.45, 7) is 6.39. The third-order valence-electron chi connectivity index (χ3n) is 4.66. The maximum atomic E-state index is 12.5. The number of urea groups is 1. The molecule has 1 aromatic heterocycles. The van der Waals surface area contributed by atoms with Crippen molar-refractivity contribution < 1.29 is 9.53 Å². The molecule has 2 amide bonds. The molecule has 0 unspecified atom stereocenters. The quantitative estimate of drug-likeness (QED) is 0.595. The van der Waals surface area contributed by atoms with E-state index in [4.69, 9.17) is 4.74 Å². The Bertz CT molecular complexity index is 962. The van der Waals surface area contributed by atoms with Crippen LogP contribution >= 0.6 is 0 Å². The molecule has 150 valence electrons. The van der Waals surface area contributed by atoms with Gasteiger partial charge in [0.15, 0.2) is 0 Å². The van der Waals surface area contributed by atoms with Crippen molar-refractivity contribution in [3.8, 4) is 5.75 Å². The number of carbonyl (C=O) groups is 1. The fourth-order valence-electron chi connectivity index (χ4n) is 3.00. The van der Waals surface area contributed by atoms with Crippen molar-refractivity contribution >= 4 is 17.4 Å². The Morgan fingerprint density at radius 3 is 2.38 bits per heavy atom. The summed E-state index contributed by atoms with van der Waals surface area (Å²) in [6, 6.07) is 17.3. The van der Waals surface area contributed by atoms with Crippen LogP contribution in [0, 0.1) is 0 Å². The zero-order chi connectivity index (χ0) is 20.9.